The van der Waals surface area contributed by atoms with Crippen molar-refractivity contribution >= 4 is 34.2 Å². The first kappa shape index (κ1) is 36.6. The number of pyridine rings is 1. The summed E-state index contributed by atoms with van der Waals surface area (Å²) in [5.41, 5.74) is 4.89. The molecule has 4 aromatic heterocycles. The van der Waals surface area contributed by atoms with Gasteiger partial charge in [-0.2, -0.15) is 10.2 Å². The number of methoxy groups -OCH3 is 4. The maximum Gasteiger partial charge on any atom is 0.407 e. The van der Waals surface area contributed by atoms with E-state index >= 15 is 0 Å². The molecule has 0 fully saturated rings. The molecule has 6 aromatic rings. The highest BCUT2D eigenvalue weighted by atomic mass is 32.1. The predicted molar refractivity (Wildman–Crippen MR) is 199 cm³/mol. The fraction of sp³-hybridized carbons (Fsp3) is 0.297. The van der Waals surface area contributed by atoms with Crippen molar-refractivity contribution in [1.29, 1.82) is 0 Å². The van der Waals surface area contributed by atoms with Crippen molar-refractivity contribution in [3.8, 4) is 45.1 Å². The lowest BCUT2D eigenvalue weighted by molar-refractivity contribution is 0.0946. The van der Waals surface area contributed by atoms with E-state index in [9.17, 15) is 9.59 Å². The Balaban J connectivity index is 1.32. The molecule has 16 heteroatoms. The summed E-state index contributed by atoms with van der Waals surface area (Å²) in [6, 6.07) is 14.3. The molecule has 0 spiro atoms. The monoisotopic (exact) mass is 740 g/mol. The summed E-state index contributed by atoms with van der Waals surface area (Å²) in [5.74, 6) is 1.97. The number of hydrogen-bond donors (Lipinski definition) is 2. The van der Waals surface area contributed by atoms with E-state index in [0.717, 1.165) is 17.0 Å². The van der Waals surface area contributed by atoms with Gasteiger partial charge in [0.25, 0.3) is 5.91 Å². The maximum atomic E-state index is 13.7. The number of thiazole rings is 1. The van der Waals surface area contributed by atoms with E-state index in [1.165, 1.54) is 18.4 Å². The van der Waals surface area contributed by atoms with Gasteiger partial charge in [-0.3, -0.25) is 14.2 Å². The van der Waals surface area contributed by atoms with Gasteiger partial charge in [-0.1, -0.05) is 0 Å². The number of nitrogens with one attached hydrogen (secondary N) is 2. The number of carbonyl (C=O) groups is 2. The summed E-state index contributed by atoms with van der Waals surface area (Å²) in [5, 5.41) is 16.2. The van der Waals surface area contributed by atoms with Crippen molar-refractivity contribution in [3.05, 3.63) is 82.1 Å². The number of hydrogen-bond acceptors (Lipinski definition) is 12. The van der Waals surface area contributed by atoms with Crippen LogP contribution in [0.1, 0.15) is 39.1 Å². The second-order valence-corrected chi connectivity index (χ2v) is 12.9. The Hall–Kier alpha value is -6.16. The second-order valence-electron chi connectivity index (χ2n) is 11.8. The molecule has 0 aliphatic heterocycles. The number of nitrogens with zero attached hydrogens (tertiary/aromatic N) is 6. The lowest BCUT2D eigenvalue weighted by Gasteiger charge is -2.12. The van der Waals surface area contributed by atoms with Gasteiger partial charge in [-0.15, -0.1) is 11.3 Å². The maximum absolute atomic E-state index is 13.7. The molecular weight excluding hydrogens is 701 g/mol. The summed E-state index contributed by atoms with van der Waals surface area (Å²) >= 11 is 1.39. The van der Waals surface area contributed by atoms with Gasteiger partial charge < -0.3 is 34.3 Å². The molecule has 0 saturated carbocycles. The lowest BCUT2D eigenvalue weighted by atomic mass is 10.1. The molecule has 276 valence electrons. The van der Waals surface area contributed by atoms with Gasteiger partial charge in [0, 0.05) is 48.8 Å². The molecule has 6 rings (SSSR count). The van der Waals surface area contributed by atoms with E-state index < -0.39 is 12.0 Å². The summed E-state index contributed by atoms with van der Waals surface area (Å²) < 4.78 is 30.6. The molecule has 4 heterocycles. The van der Waals surface area contributed by atoms with Crippen LogP contribution in [0.3, 0.4) is 0 Å². The molecule has 2 aromatic carbocycles. The SMILES string of the molecule is CCn1nc(C)cc1-c1nc(-c2nc(C(=O)NCc3ccc(OC)cc3OC)cc3c2cnn3C)c(CNC(=O)OCc2ccc(OC)cc2OC)s1. The van der Waals surface area contributed by atoms with Crippen LogP contribution in [0.15, 0.2) is 54.7 Å². The number of amides is 2. The van der Waals surface area contributed by atoms with E-state index in [1.54, 1.807) is 75.7 Å². The highest BCUT2D eigenvalue weighted by molar-refractivity contribution is 7.15. The summed E-state index contributed by atoms with van der Waals surface area (Å²) in [4.78, 5) is 37.3. The van der Waals surface area contributed by atoms with Crippen molar-refractivity contribution in [3.63, 3.8) is 0 Å². The Bertz CT molecular complexity index is 2280. The molecular formula is C37H40N8O7S. The minimum absolute atomic E-state index is 0.0216. The highest BCUT2D eigenvalue weighted by Gasteiger charge is 2.24. The van der Waals surface area contributed by atoms with Crippen molar-refractivity contribution < 1.29 is 33.3 Å². The molecule has 0 aliphatic carbocycles. The van der Waals surface area contributed by atoms with Crippen LogP contribution >= 0.6 is 11.3 Å². The van der Waals surface area contributed by atoms with Gasteiger partial charge in [0.2, 0.25) is 0 Å². The molecule has 0 saturated heterocycles. The normalized spacial score (nSPS) is 11.0. The number of aromatic nitrogens is 6. The third-order valence-electron chi connectivity index (χ3n) is 8.50. The fourth-order valence-electron chi connectivity index (χ4n) is 5.75. The van der Waals surface area contributed by atoms with Crippen molar-refractivity contribution in [2.75, 3.05) is 28.4 Å². The molecule has 0 atom stereocenters. The average molecular weight is 741 g/mol. The first-order valence-electron chi connectivity index (χ1n) is 16.6. The summed E-state index contributed by atoms with van der Waals surface area (Å²) in [6.45, 7) is 4.80. The molecule has 2 amide bonds. The topological polar surface area (TPSA) is 166 Å². The minimum atomic E-state index is -0.639. The number of alkyl carbamates (subject to hydrolysis) is 1. The Morgan fingerprint density at radius 1 is 0.830 bits per heavy atom. The first-order valence-corrected chi connectivity index (χ1v) is 17.5. The van der Waals surface area contributed by atoms with Crippen molar-refractivity contribution in [1.82, 2.24) is 40.2 Å². The highest BCUT2D eigenvalue weighted by Crippen LogP contribution is 2.37. The van der Waals surface area contributed by atoms with E-state index in [2.05, 4.69) is 20.8 Å². The second kappa shape index (κ2) is 16.0. The van der Waals surface area contributed by atoms with Crippen LogP contribution < -0.4 is 29.6 Å². The van der Waals surface area contributed by atoms with Gasteiger partial charge >= 0.3 is 6.09 Å². The standard InChI is InChI=1S/C37H40N8O7S/c1-8-45-29(13-21(2)43-45)36-42-34(32(53-36)19-39-37(47)52-20-23-10-12-25(49-5)15-31(23)51-7)33-26-18-40-44(3)28(26)16-27(41-33)35(46)38-17-22-9-11-24(48-4)14-30(22)50-6/h9-16,18H,8,17,19-20H2,1-7H3,(H,38,46)(H,39,47). The van der Waals surface area contributed by atoms with Crippen LogP contribution in [0.4, 0.5) is 4.79 Å². The fourth-order valence-corrected chi connectivity index (χ4v) is 6.77. The number of carbonyl (C=O) groups excluding carboxylic acids is 2. The number of aryl methyl sites for hydroxylation is 3. The first-order chi connectivity index (χ1) is 25.7. The third-order valence-corrected chi connectivity index (χ3v) is 9.58. The minimum Gasteiger partial charge on any atom is -0.497 e. The smallest absolute Gasteiger partial charge is 0.407 e. The Morgan fingerprint density at radius 3 is 2.21 bits per heavy atom. The van der Waals surface area contributed by atoms with E-state index in [4.69, 9.17) is 33.7 Å². The molecule has 2 N–H and O–H groups in total. The lowest BCUT2D eigenvalue weighted by Crippen LogP contribution is -2.24. The Labute approximate surface area is 309 Å². The zero-order chi connectivity index (χ0) is 37.6. The van der Waals surface area contributed by atoms with Gasteiger partial charge in [0.15, 0.2) is 0 Å². The number of ether oxygens (including phenoxy) is 5. The summed E-state index contributed by atoms with van der Waals surface area (Å²) in [7, 11) is 8.04. The summed E-state index contributed by atoms with van der Waals surface area (Å²) in [6.07, 6.45) is 1.05. The van der Waals surface area contributed by atoms with Gasteiger partial charge in [0.1, 0.15) is 51.7 Å². The number of rotatable bonds is 14. The largest absolute Gasteiger partial charge is 0.497 e. The van der Waals surface area contributed by atoms with Crippen LogP contribution in [-0.2, 0) is 38.0 Å². The van der Waals surface area contributed by atoms with Crippen LogP contribution in [0.5, 0.6) is 23.0 Å². The molecule has 15 nitrogen and oxygen atoms in total. The zero-order valence-corrected chi connectivity index (χ0v) is 31.3. The molecule has 53 heavy (non-hydrogen) atoms. The van der Waals surface area contributed by atoms with E-state index in [-0.39, 0.29) is 25.4 Å². The molecule has 0 unspecified atom stereocenters. The Morgan fingerprint density at radius 2 is 1.53 bits per heavy atom. The van der Waals surface area contributed by atoms with Crippen LogP contribution in [-0.4, -0.2) is 70.0 Å². The predicted octanol–water partition coefficient (Wildman–Crippen LogP) is 5.67. The molecule has 0 bridgehead atoms. The van der Waals surface area contributed by atoms with Crippen LogP contribution in [0.2, 0.25) is 0 Å². The Kier molecular flexibility index (Phi) is 11.1. The molecule has 0 aliphatic rings. The van der Waals surface area contributed by atoms with Gasteiger partial charge in [0.05, 0.1) is 63.0 Å². The van der Waals surface area contributed by atoms with Crippen molar-refractivity contribution in [2.24, 2.45) is 7.05 Å². The number of benzene rings is 2. The van der Waals surface area contributed by atoms with Crippen molar-refractivity contribution in [2.45, 2.75) is 40.1 Å². The quantitative estimate of drug-likeness (QED) is 0.141. The number of fused-ring (bicyclic) bond motifs is 1. The van der Waals surface area contributed by atoms with Gasteiger partial charge in [-0.25, -0.2) is 14.8 Å². The average Bonchev–Trinajstić information content (AvgIpc) is 3.90. The van der Waals surface area contributed by atoms with E-state index in [1.807, 2.05) is 30.7 Å². The zero-order valence-electron chi connectivity index (χ0n) is 30.5. The van der Waals surface area contributed by atoms with Gasteiger partial charge in [-0.05, 0) is 50.2 Å². The molecule has 0 radical (unpaired) electrons. The van der Waals surface area contributed by atoms with Crippen LogP contribution in [0, 0.1) is 6.92 Å². The van der Waals surface area contributed by atoms with Crippen LogP contribution in [0.25, 0.3) is 33.0 Å². The van der Waals surface area contributed by atoms with E-state index in [0.29, 0.717) is 67.3 Å². The third kappa shape index (κ3) is 7.86.